The van der Waals surface area contributed by atoms with Crippen molar-refractivity contribution in [3.8, 4) is 40.6 Å². The summed E-state index contributed by atoms with van der Waals surface area (Å²) >= 11 is 0. The van der Waals surface area contributed by atoms with Gasteiger partial charge in [-0.05, 0) is 31.2 Å². The molecule has 234 valence electrons. The second-order valence-electron chi connectivity index (χ2n) is 8.02. The Hall–Kier alpha value is -5.07. The molecule has 4 rings (SSSR count). The summed E-state index contributed by atoms with van der Waals surface area (Å²) < 4.78 is 36.5. The van der Waals surface area contributed by atoms with Gasteiger partial charge in [-0.25, -0.2) is 5.43 Å². The third-order valence-electron chi connectivity index (χ3n) is 5.40. The number of fused-ring (bicyclic) bond motifs is 1. The maximum atomic E-state index is 12.0. The number of hydrazone groups is 1. The van der Waals surface area contributed by atoms with Crippen LogP contribution in [0, 0.1) is 11.3 Å². The maximum absolute atomic E-state index is 12.0. The molecule has 2 aliphatic heterocycles. The van der Waals surface area contributed by atoms with Gasteiger partial charge in [-0.2, -0.15) is 10.4 Å². The minimum absolute atomic E-state index is 0.126. The predicted molar refractivity (Wildman–Crippen MR) is 155 cm³/mol. The van der Waals surface area contributed by atoms with E-state index in [4.69, 9.17) is 38.4 Å². The fourth-order valence-corrected chi connectivity index (χ4v) is 3.65. The summed E-state index contributed by atoms with van der Waals surface area (Å²) in [5.74, 6) is 9.90. The predicted octanol–water partition coefficient (Wildman–Crippen LogP) is 1.89. The van der Waals surface area contributed by atoms with Gasteiger partial charge < -0.3 is 33.2 Å². The molecule has 1 amide bonds. The average molecular weight is 604 g/mol. The summed E-state index contributed by atoms with van der Waals surface area (Å²) in [4.78, 5) is 34.5. The number of nitriles is 1. The Morgan fingerprint density at radius 3 is 2.05 bits per heavy atom. The third-order valence-corrected chi connectivity index (χ3v) is 5.40. The van der Waals surface area contributed by atoms with Crippen LogP contribution < -0.4 is 45.5 Å². The number of rotatable bonds is 9. The molecule has 0 saturated carbocycles. The van der Waals surface area contributed by atoms with Crippen molar-refractivity contribution < 1.29 is 47.5 Å². The first-order valence-electron chi connectivity index (χ1n) is 12.7. The Labute approximate surface area is 249 Å². The zero-order valence-electron chi connectivity index (χ0n) is 25.0. The average Bonchev–Trinajstić information content (AvgIpc) is 3.47. The van der Waals surface area contributed by atoms with Crippen molar-refractivity contribution in [2.24, 2.45) is 16.8 Å². The number of hydrogen-bond donors (Lipinski definition) is 3. The highest BCUT2D eigenvalue weighted by Gasteiger charge is 2.23. The smallest absolute Gasteiger partial charge is 0.313 e. The molecular weight excluding hydrogens is 566 g/mol. The highest BCUT2D eigenvalue weighted by molar-refractivity contribution is 6.14. The zero-order chi connectivity index (χ0) is 32.4. The van der Waals surface area contributed by atoms with Gasteiger partial charge in [0.1, 0.15) is 19.6 Å². The van der Waals surface area contributed by atoms with E-state index in [0.29, 0.717) is 59.0 Å². The van der Waals surface area contributed by atoms with Crippen molar-refractivity contribution in [3.05, 3.63) is 35.4 Å². The molecule has 2 aromatic carbocycles. The first-order chi connectivity index (χ1) is 20.8. The number of nitrogens with two attached hydrogens (primary N) is 2. The van der Waals surface area contributed by atoms with E-state index in [2.05, 4.69) is 22.2 Å². The molecular formula is C28H37N5O10. The molecule has 15 heteroatoms. The van der Waals surface area contributed by atoms with E-state index in [-0.39, 0.29) is 31.1 Å². The molecule has 2 aromatic rings. The number of nitrogens with zero attached hydrogens (tertiary/aromatic N) is 2. The van der Waals surface area contributed by atoms with Crippen molar-refractivity contribution >= 4 is 23.4 Å². The summed E-state index contributed by atoms with van der Waals surface area (Å²) in [5.41, 5.74) is 4.16. The molecule has 0 aromatic heterocycles. The SMILES string of the molecule is CC#N.CCOC(=O)CC(=O)c1cc(OC)c2c(c1)OCCO2.COc1cc(C2=NNC(=O)C2)cc(OC)c1OC.NN. The van der Waals surface area contributed by atoms with Gasteiger partial charge in [0.05, 0.1) is 53.2 Å². The van der Waals surface area contributed by atoms with E-state index >= 15 is 0 Å². The van der Waals surface area contributed by atoms with Gasteiger partial charge in [0.2, 0.25) is 17.4 Å². The largest absolute Gasteiger partial charge is 0.493 e. The number of Topliss-reactive ketones (excluding diaryl/α,β-unsaturated/α-hetero) is 1. The van der Waals surface area contributed by atoms with Crippen LogP contribution in [0.1, 0.15) is 42.6 Å². The Morgan fingerprint density at radius 1 is 0.977 bits per heavy atom. The molecule has 0 aliphatic carbocycles. The van der Waals surface area contributed by atoms with Crippen LogP contribution in [0.4, 0.5) is 0 Å². The molecule has 0 spiro atoms. The van der Waals surface area contributed by atoms with E-state index in [9.17, 15) is 14.4 Å². The topological polar surface area (TPSA) is 216 Å². The molecule has 0 radical (unpaired) electrons. The number of esters is 1. The van der Waals surface area contributed by atoms with Crippen LogP contribution >= 0.6 is 0 Å². The van der Waals surface area contributed by atoms with Crippen LogP contribution in [0.2, 0.25) is 0 Å². The van der Waals surface area contributed by atoms with Crippen LogP contribution in [0.15, 0.2) is 29.4 Å². The van der Waals surface area contributed by atoms with Gasteiger partial charge in [-0.15, -0.1) is 0 Å². The molecule has 0 bridgehead atoms. The van der Waals surface area contributed by atoms with Crippen LogP contribution in [0.25, 0.3) is 0 Å². The van der Waals surface area contributed by atoms with Gasteiger partial charge in [-0.3, -0.25) is 26.1 Å². The maximum Gasteiger partial charge on any atom is 0.313 e. The number of ketones is 1. The van der Waals surface area contributed by atoms with Crippen molar-refractivity contribution in [2.45, 2.75) is 26.7 Å². The number of carbonyl (C=O) groups is 3. The van der Waals surface area contributed by atoms with E-state index in [1.165, 1.54) is 27.2 Å². The minimum atomic E-state index is -0.550. The highest BCUT2D eigenvalue weighted by atomic mass is 16.6. The molecule has 2 aliphatic rings. The van der Waals surface area contributed by atoms with E-state index in [0.717, 1.165) is 5.56 Å². The molecule has 0 saturated heterocycles. The van der Waals surface area contributed by atoms with E-state index in [1.807, 2.05) is 0 Å². The lowest BCUT2D eigenvalue weighted by Gasteiger charge is -2.21. The second kappa shape index (κ2) is 19.1. The van der Waals surface area contributed by atoms with Crippen LogP contribution in [0.3, 0.4) is 0 Å². The Morgan fingerprint density at radius 2 is 1.56 bits per heavy atom. The third kappa shape index (κ3) is 10.4. The number of nitrogens with one attached hydrogen (secondary N) is 1. The first-order valence-corrected chi connectivity index (χ1v) is 12.7. The summed E-state index contributed by atoms with van der Waals surface area (Å²) in [5, 5.41) is 11.3. The van der Waals surface area contributed by atoms with Gasteiger partial charge >= 0.3 is 5.97 Å². The molecule has 0 unspecified atom stereocenters. The van der Waals surface area contributed by atoms with Crippen molar-refractivity contribution in [1.29, 1.82) is 5.26 Å². The summed E-state index contributed by atoms with van der Waals surface area (Å²) in [7, 11) is 6.10. The van der Waals surface area contributed by atoms with Gasteiger partial charge in [0.25, 0.3) is 0 Å². The Bertz CT molecular complexity index is 1280. The van der Waals surface area contributed by atoms with Crippen LogP contribution in [-0.4, -0.2) is 71.6 Å². The van der Waals surface area contributed by atoms with Crippen LogP contribution in [0.5, 0.6) is 34.5 Å². The minimum Gasteiger partial charge on any atom is -0.493 e. The number of hydrazine groups is 1. The normalized spacial score (nSPS) is 12.1. The molecule has 0 fully saturated rings. The summed E-state index contributed by atoms with van der Waals surface area (Å²) in [6, 6.07) is 8.37. The molecule has 5 N–H and O–H groups in total. The zero-order valence-corrected chi connectivity index (χ0v) is 25.0. The molecule has 43 heavy (non-hydrogen) atoms. The van der Waals surface area contributed by atoms with Gasteiger partial charge in [0.15, 0.2) is 28.8 Å². The lowest BCUT2D eigenvalue weighted by atomic mass is 10.1. The van der Waals surface area contributed by atoms with Crippen molar-refractivity contribution in [2.75, 3.05) is 48.3 Å². The fourth-order valence-electron chi connectivity index (χ4n) is 3.65. The monoisotopic (exact) mass is 603 g/mol. The van der Waals surface area contributed by atoms with Gasteiger partial charge in [-0.1, -0.05) is 0 Å². The summed E-state index contributed by atoms with van der Waals surface area (Å²) in [6.45, 7) is 4.21. The van der Waals surface area contributed by atoms with Crippen molar-refractivity contribution in [3.63, 3.8) is 0 Å². The van der Waals surface area contributed by atoms with Gasteiger partial charge in [0, 0.05) is 18.1 Å². The summed E-state index contributed by atoms with van der Waals surface area (Å²) in [6.07, 6.45) is -0.0602. The standard InChI is InChI=1S/C14H16O6.C12H14N2O4.C2H3N.H4N2/c1-3-18-13(16)8-10(15)9-6-11(17-2)14-12(7-9)19-4-5-20-14;1-16-9-4-7(8-6-11(15)14-13-8)5-10(17-2)12(9)18-3;1-2-3;1-2/h6-7H,3-5,8H2,1-2H3;4-5H,6H2,1-3H3,(H,14,15);1H3;1-2H2. The molecule has 0 atom stereocenters. The van der Waals surface area contributed by atoms with Crippen molar-refractivity contribution in [1.82, 2.24) is 5.43 Å². The Kier molecular flexibility index (Phi) is 16.0. The second-order valence-corrected chi connectivity index (χ2v) is 8.02. The number of amides is 1. The number of ether oxygens (including phenoxy) is 7. The fraction of sp³-hybridized carbons (Fsp3) is 0.393. The van der Waals surface area contributed by atoms with E-state index in [1.54, 1.807) is 45.4 Å². The highest BCUT2D eigenvalue weighted by Crippen LogP contribution is 2.41. The van der Waals surface area contributed by atoms with Crippen LogP contribution in [-0.2, 0) is 14.3 Å². The number of methoxy groups -OCH3 is 4. The molecule has 2 heterocycles. The first kappa shape index (κ1) is 36.0. The lowest BCUT2D eigenvalue weighted by molar-refractivity contribution is -0.142. The van der Waals surface area contributed by atoms with E-state index < -0.39 is 5.97 Å². The Balaban J connectivity index is 0.000000376. The number of benzene rings is 2. The quantitative estimate of drug-likeness (QED) is 0.123. The lowest BCUT2D eigenvalue weighted by Crippen LogP contribution is -2.17. The number of hydrogen-bond acceptors (Lipinski definition) is 14. The molecule has 15 nitrogen and oxygen atoms in total. The number of carbonyl (C=O) groups excluding carboxylic acids is 3.